The van der Waals surface area contributed by atoms with E-state index in [2.05, 4.69) is 5.32 Å². The molecular weight excluding hydrogens is 268 g/mol. The highest BCUT2D eigenvalue weighted by molar-refractivity contribution is 5.67. The van der Waals surface area contributed by atoms with Crippen molar-refractivity contribution in [2.24, 2.45) is 11.8 Å². The highest BCUT2D eigenvalue weighted by atomic mass is 16.6. The smallest absolute Gasteiger partial charge is 0.409 e. The van der Waals surface area contributed by atoms with Gasteiger partial charge in [0.2, 0.25) is 0 Å². The number of carbonyl (C=O) groups is 1. The molecule has 2 atom stereocenters. The van der Waals surface area contributed by atoms with Crippen molar-refractivity contribution in [2.75, 3.05) is 26.3 Å². The van der Waals surface area contributed by atoms with Crippen LogP contribution in [0.3, 0.4) is 0 Å². The molecular formula is C16H30N2O3. The number of piperidine rings is 1. The van der Waals surface area contributed by atoms with E-state index in [0.717, 1.165) is 32.4 Å². The number of likely N-dealkylation sites (tertiary alicyclic amines) is 1. The molecule has 21 heavy (non-hydrogen) atoms. The second-order valence-electron chi connectivity index (χ2n) is 6.88. The number of hydrogen-bond donors (Lipinski definition) is 2. The van der Waals surface area contributed by atoms with Crippen molar-refractivity contribution in [3.05, 3.63) is 0 Å². The van der Waals surface area contributed by atoms with Crippen LogP contribution in [0, 0.1) is 11.8 Å². The summed E-state index contributed by atoms with van der Waals surface area (Å²) in [5.74, 6) is 0.796. The highest BCUT2D eigenvalue weighted by Gasteiger charge is 2.30. The quantitative estimate of drug-likeness (QED) is 0.815. The Bertz CT molecular complexity index is 327. The van der Waals surface area contributed by atoms with Gasteiger partial charge in [0, 0.05) is 31.8 Å². The van der Waals surface area contributed by atoms with E-state index in [-0.39, 0.29) is 12.7 Å². The third-order valence-corrected chi connectivity index (χ3v) is 4.64. The van der Waals surface area contributed by atoms with Crippen LogP contribution in [-0.4, -0.2) is 54.5 Å². The fourth-order valence-corrected chi connectivity index (χ4v) is 3.34. The number of rotatable bonds is 5. The van der Waals surface area contributed by atoms with Crippen molar-refractivity contribution < 1.29 is 14.6 Å². The Morgan fingerprint density at radius 2 is 2.00 bits per heavy atom. The molecule has 0 bridgehead atoms. The Balaban J connectivity index is 1.69. The lowest BCUT2D eigenvalue weighted by Gasteiger charge is -2.34. The molecule has 0 aromatic carbocycles. The fourth-order valence-electron chi connectivity index (χ4n) is 3.34. The predicted octanol–water partition coefficient (Wildman–Crippen LogP) is 1.99. The zero-order valence-electron chi connectivity index (χ0n) is 13.4. The minimum Gasteiger partial charge on any atom is -0.449 e. The van der Waals surface area contributed by atoms with Gasteiger partial charge in [0.25, 0.3) is 0 Å². The van der Waals surface area contributed by atoms with Crippen LogP contribution >= 0.6 is 0 Å². The number of carbonyl (C=O) groups excluding carboxylic acids is 1. The summed E-state index contributed by atoms with van der Waals surface area (Å²) in [6.07, 6.45) is 5.30. The molecule has 0 aromatic heterocycles. The molecule has 1 aliphatic heterocycles. The summed E-state index contributed by atoms with van der Waals surface area (Å²) in [6.45, 7) is 6.41. The molecule has 5 heteroatoms. The van der Waals surface area contributed by atoms with E-state index < -0.39 is 0 Å². The molecule has 1 saturated carbocycles. The summed E-state index contributed by atoms with van der Waals surface area (Å²) in [7, 11) is 0. The average molecular weight is 298 g/mol. The highest BCUT2D eigenvalue weighted by Crippen LogP contribution is 2.26. The number of amides is 1. The third-order valence-electron chi connectivity index (χ3n) is 4.64. The van der Waals surface area contributed by atoms with Gasteiger partial charge in [-0.3, -0.25) is 0 Å². The van der Waals surface area contributed by atoms with Gasteiger partial charge in [-0.1, -0.05) is 20.3 Å². The number of aliphatic hydroxyl groups is 1. The maximum atomic E-state index is 11.9. The Morgan fingerprint density at radius 1 is 1.29 bits per heavy atom. The molecule has 1 aliphatic carbocycles. The van der Waals surface area contributed by atoms with Crippen molar-refractivity contribution in [3.63, 3.8) is 0 Å². The normalized spacial score (nSPS) is 27.3. The first-order valence-corrected chi connectivity index (χ1v) is 8.38. The Morgan fingerprint density at radius 3 is 2.62 bits per heavy atom. The molecule has 0 spiro atoms. The monoisotopic (exact) mass is 298 g/mol. The van der Waals surface area contributed by atoms with Crippen LogP contribution in [0.4, 0.5) is 4.79 Å². The van der Waals surface area contributed by atoms with Crippen LogP contribution in [0.25, 0.3) is 0 Å². The number of aliphatic hydroxyl groups excluding tert-OH is 1. The van der Waals surface area contributed by atoms with Crippen LogP contribution in [-0.2, 0) is 4.74 Å². The average Bonchev–Trinajstić information content (AvgIpc) is 2.92. The summed E-state index contributed by atoms with van der Waals surface area (Å²) in [6, 6.07) is 0.927. The van der Waals surface area contributed by atoms with Crippen molar-refractivity contribution >= 4 is 6.09 Å². The second kappa shape index (κ2) is 7.99. The summed E-state index contributed by atoms with van der Waals surface area (Å²) >= 11 is 0. The molecule has 0 unspecified atom stereocenters. The van der Waals surface area contributed by atoms with E-state index in [4.69, 9.17) is 4.74 Å². The zero-order valence-corrected chi connectivity index (χ0v) is 13.4. The number of ether oxygens (including phenoxy) is 1. The maximum absolute atomic E-state index is 11.9. The zero-order chi connectivity index (χ0) is 15.2. The van der Waals surface area contributed by atoms with Crippen molar-refractivity contribution in [3.8, 4) is 0 Å². The molecule has 122 valence electrons. The molecule has 5 nitrogen and oxygen atoms in total. The molecule has 2 rings (SSSR count). The fraction of sp³-hybridized carbons (Fsp3) is 0.938. The predicted molar refractivity (Wildman–Crippen MR) is 82.1 cm³/mol. The van der Waals surface area contributed by atoms with Crippen LogP contribution in [0.15, 0.2) is 0 Å². The summed E-state index contributed by atoms with van der Waals surface area (Å²) in [5, 5.41) is 13.1. The van der Waals surface area contributed by atoms with E-state index in [0.29, 0.717) is 30.5 Å². The minimum atomic E-state index is -0.170. The first-order chi connectivity index (χ1) is 10.1. The first kappa shape index (κ1) is 16.6. The Labute approximate surface area is 128 Å². The van der Waals surface area contributed by atoms with Gasteiger partial charge in [-0.25, -0.2) is 4.79 Å². The number of hydrogen-bond acceptors (Lipinski definition) is 4. The summed E-state index contributed by atoms with van der Waals surface area (Å²) < 4.78 is 5.28. The SMILES string of the molecule is CC(C)COC(=O)N1CCC(N[C@@H]2CCC[C@@H]2CO)CC1. The summed E-state index contributed by atoms with van der Waals surface area (Å²) in [5.41, 5.74) is 0. The Hall–Kier alpha value is -0.810. The molecule has 0 aromatic rings. The van der Waals surface area contributed by atoms with Crippen molar-refractivity contribution in [1.29, 1.82) is 0 Å². The van der Waals surface area contributed by atoms with Crippen LogP contribution in [0.1, 0.15) is 46.0 Å². The second-order valence-corrected chi connectivity index (χ2v) is 6.88. The van der Waals surface area contributed by atoms with Crippen LogP contribution in [0.5, 0.6) is 0 Å². The van der Waals surface area contributed by atoms with Gasteiger partial charge in [-0.2, -0.15) is 0 Å². The van der Waals surface area contributed by atoms with Gasteiger partial charge in [0.1, 0.15) is 0 Å². The van der Waals surface area contributed by atoms with Gasteiger partial charge in [-0.15, -0.1) is 0 Å². The van der Waals surface area contributed by atoms with Gasteiger partial charge in [0.05, 0.1) is 6.61 Å². The molecule has 2 N–H and O–H groups in total. The molecule has 1 amide bonds. The maximum Gasteiger partial charge on any atom is 0.409 e. The van der Waals surface area contributed by atoms with E-state index in [1.54, 1.807) is 0 Å². The minimum absolute atomic E-state index is 0.170. The molecule has 1 saturated heterocycles. The van der Waals surface area contributed by atoms with Gasteiger partial charge >= 0.3 is 6.09 Å². The first-order valence-electron chi connectivity index (χ1n) is 8.38. The lowest BCUT2D eigenvalue weighted by molar-refractivity contribution is 0.0801. The van der Waals surface area contributed by atoms with Gasteiger partial charge in [-0.05, 0) is 37.5 Å². The van der Waals surface area contributed by atoms with E-state index in [1.807, 2.05) is 18.7 Å². The topological polar surface area (TPSA) is 61.8 Å². The van der Waals surface area contributed by atoms with Gasteiger partial charge in [0.15, 0.2) is 0 Å². The molecule has 0 radical (unpaired) electrons. The van der Waals surface area contributed by atoms with E-state index in [9.17, 15) is 9.90 Å². The molecule has 2 fully saturated rings. The number of nitrogens with one attached hydrogen (secondary N) is 1. The Kier molecular flexibility index (Phi) is 6.30. The van der Waals surface area contributed by atoms with Crippen molar-refractivity contribution in [1.82, 2.24) is 10.2 Å². The third kappa shape index (κ3) is 4.85. The molecule has 2 aliphatic rings. The van der Waals surface area contributed by atoms with Crippen molar-refractivity contribution in [2.45, 2.75) is 58.0 Å². The van der Waals surface area contributed by atoms with Crippen LogP contribution < -0.4 is 5.32 Å². The van der Waals surface area contributed by atoms with Crippen LogP contribution in [0.2, 0.25) is 0 Å². The number of nitrogens with zero attached hydrogens (tertiary/aromatic N) is 1. The molecule has 1 heterocycles. The lowest BCUT2D eigenvalue weighted by Crippen LogP contribution is -2.49. The van der Waals surface area contributed by atoms with E-state index in [1.165, 1.54) is 12.8 Å². The largest absolute Gasteiger partial charge is 0.449 e. The van der Waals surface area contributed by atoms with E-state index >= 15 is 0 Å². The summed E-state index contributed by atoms with van der Waals surface area (Å²) in [4.78, 5) is 13.7. The standard InChI is InChI=1S/C16H30N2O3/c1-12(2)11-21-16(20)18-8-6-14(7-9-18)17-15-5-3-4-13(15)10-19/h12-15,17,19H,3-11H2,1-2H3/t13-,15-/m1/s1. The van der Waals surface area contributed by atoms with Gasteiger partial charge < -0.3 is 20.1 Å². The lowest BCUT2D eigenvalue weighted by atomic mass is 10.00.